The molecule has 21 heavy (non-hydrogen) atoms. The summed E-state index contributed by atoms with van der Waals surface area (Å²) in [6.07, 6.45) is 3.16. The lowest BCUT2D eigenvalue weighted by Gasteiger charge is -2.28. The lowest BCUT2D eigenvalue weighted by molar-refractivity contribution is -0.385. The van der Waals surface area contributed by atoms with Gasteiger partial charge in [0.2, 0.25) is 0 Å². The zero-order valence-electron chi connectivity index (χ0n) is 11.9. The summed E-state index contributed by atoms with van der Waals surface area (Å²) >= 11 is 0. The highest BCUT2D eigenvalue weighted by molar-refractivity contribution is 5.45. The molecule has 2 bridgehead atoms. The minimum atomic E-state index is -0.621. The van der Waals surface area contributed by atoms with Crippen molar-refractivity contribution >= 4 is 5.69 Å². The topological polar surface area (TPSA) is 75.8 Å². The maximum absolute atomic E-state index is 10.9. The van der Waals surface area contributed by atoms with E-state index in [9.17, 15) is 15.2 Å². The van der Waals surface area contributed by atoms with Crippen molar-refractivity contribution in [2.45, 2.75) is 31.4 Å². The predicted molar refractivity (Wildman–Crippen MR) is 77.3 cm³/mol. The molecule has 2 fully saturated rings. The molecule has 1 aromatic rings. The van der Waals surface area contributed by atoms with E-state index in [-0.39, 0.29) is 18.0 Å². The van der Waals surface area contributed by atoms with Crippen molar-refractivity contribution in [2.75, 3.05) is 19.7 Å². The Hall–Kier alpha value is -1.66. The van der Waals surface area contributed by atoms with Gasteiger partial charge in [0.1, 0.15) is 12.7 Å². The molecular formula is C15H20N2O4. The van der Waals surface area contributed by atoms with Crippen LogP contribution in [0.4, 0.5) is 5.69 Å². The minimum Gasteiger partial charge on any atom is -0.484 e. The molecule has 6 nitrogen and oxygen atoms in total. The molecule has 3 atom stereocenters. The first kappa shape index (κ1) is 14.3. The third-order valence-corrected chi connectivity index (χ3v) is 4.46. The van der Waals surface area contributed by atoms with Gasteiger partial charge in [0.25, 0.3) is 0 Å². The smallest absolute Gasteiger partial charge is 0.310 e. The molecule has 1 N–H and O–H groups in total. The van der Waals surface area contributed by atoms with E-state index in [1.165, 1.54) is 25.3 Å². The summed E-state index contributed by atoms with van der Waals surface area (Å²) in [5.41, 5.74) is -0.0649. The summed E-state index contributed by atoms with van der Waals surface area (Å²) in [6, 6.07) is 6.86. The van der Waals surface area contributed by atoms with E-state index in [1.54, 1.807) is 18.2 Å². The number of hydrogen-bond acceptors (Lipinski definition) is 5. The Morgan fingerprint density at radius 3 is 2.90 bits per heavy atom. The number of benzene rings is 1. The molecule has 3 rings (SSSR count). The van der Waals surface area contributed by atoms with E-state index in [4.69, 9.17) is 4.74 Å². The number of piperidine rings is 1. The van der Waals surface area contributed by atoms with Crippen molar-refractivity contribution in [3.05, 3.63) is 34.4 Å². The van der Waals surface area contributed by atoms with E-state index >= 15 is 0 Å². The van der Waals surface area contributed by atoms with Gasteiger partial charge >= 0.3 is 5.69 Å². The molecule has 114 valence electrons. The second kappa shape index (κ2) is 5.99. The summed E-state index contributed by atoms with van der Waals surface area (Å²) in [4.78, 5) is 12.7. The minimum absolute atomic E-state index is 0.0649. The number of nitro benzene ring substituents is 1. The highest BCUT2D eigenvalue weighted by Gasteiger charge is 2.38. The molecule has 0 unspecified atom stereocenters. The van der Waals surface area contributed by atoms with Gasteiger partial charge < -0.3 is 9.84 Å². The quantitative estimate of drug-likeness (QED) is 0.639. The molecule has 0 aromatic heterocycles. The number of ether oxygens (including phenoxy) is 1. The highest BCUT2D eigenvalue weighted by Crippen LogP contribution is 2.37. The second-order valence-electron chi connectivity index (χ2n) is 5.98. The van der Waals surface area contributed by atoms with Gasteiger partial charge in [0.15, 0.2) is 5.75 Å². The monoisotopic (exact) mass is 292 g/mol. The average Bonchev–Trinajstić information content (AvgIpc) is 3.08. The molecule has 1 aliphatic carbocycles. The molecule has 1 aromatic carbocycles. The van der Waals surface area contributed by atoms with Crippen molar-refractivity contribution in [1.29, 1.82) is 0 Å². The van der Waals surface area contributed by atoms with Crippen molar-refractivity contribution in [3.8, 4) is 5.75 Å². The van der Waals surface area contributed by atoms with Gasteiger partial charge in [-0.15, -0.1) is 0 Å². The summed E-state index contributed by atoms with van der Waals surface area (Å²) in [5, 5.41) is 21.0. The maximum Gasteiger partial charge on any atom is 0.310 e. The van der Waals surface area contributed by atoms with Crippen LogP contribution in [0.25, 0.3) is 0 Å². The van der Waals surface area contributed by atoms with Gasteiger partial charge in [-0.05, 0) is 31.2 Å². The molecule has 1 heterocycles. The van der Waals surface area contributed by atoms with E-state index < -0.39 is 11.0 Å². The number of nitro groups is 1. The molecule has 6 heteroatoms. The van der Waals surface area contributed by atoms with Gasteiger partial charge in [0, 0.05) is 25.2 Å². The van der Waals surface area contributed by atoms with Crippen LogP contribution in [0.2, 0.25) is 0 Å². The Bertz CT molecular complexity index is 522. The zero-order chi connectivity index (χ0) is 14.8. The number of hydrogen-bond donors (Lipinski definition) is 1. The molecule has 1 aliphatic heterocycles. The van der Waals surface area contributed by atoms with Gasteiger partial charge in [-0.1, -0.05) is 12.1 Å². The fourth-order valence-corrected chi connectivity index (χ4v) is 3.49. The molecule has 1 saturated heterocycles. The van der Waals surface area contributed by atoms with Crippen LogP contribution in [0.5, 0.6) is 5.75 Å². The maximum atomic E-state index is 10.9. The molecule has 0 radical (unpaired) electrons. The summed E-state index contributed by atoms with van der Waals surface area (Å²) in [5.74, 6) is 1.00. The number of β-amino-alcohol motifs (C(OH)–C–C–N with tert-alkyl or cyclic N) is 1. The first-order valence-electron chi connectivity index (χ1n) is 7.42. The lowest BCUT2D eigenvalue weighted by Crippen LogP contribution is -2.40. The van der Waals surface area contributed by atoms with Gasteiger partial charge in [-0.3, -0.25) is 15.0 Å². The predicted octanol–water partition coefficient (Wildman–Crippen LogP) is 1.82. The summed E-state index contributed by atoms with van der Waals surface area (Å²) in [7, 11) is 0. The van der Waals surface area contributed by atoms with Crippen molar-refractivity contribution < 1.29 is 14.8 Å². The van der Waals surface area contributed by atoms with Crippen LogP contribution in [-0.2, 0) is 0 Å². The summed E-state index contributed by atoms with van der Waals surface area (Å²) in [6.45, 7) is 1.73. The van der Waals surface area contributed by atoms with E-state index in [0.29, 0.717) is 12.6 Å². The fourth-order valence-electron chi connectivity index (χ4n) is 3.49. The average molecular weight is 292 g/mol. The number of nitrogens with zero attached hydrogens (tertiary/aromatic N) is 2. The summed E-state index contributed by atoms with van der Waals surface area (Å²) < 4.78 is 5.43. The third-order valence-electron chi connectivity index (χ3n) is 4.46. The number of fused-ring (bicyclic) bond motifs is 2. The molecule has 2 aliphatic rings. The molecule has 0 spiro atoms. The Labute approximate surface area is 123 Å². The van der Waals surface area contributed by atoms with Crippen LogP contribution in [0, 0.1) is 16.0 Å². The SMILES string of the molecule is O=[N+]([O-])c1ccccc1OC[C@@H](O)CN1C[C@H]2CC[C@H]1C2. The number of para-hydroxylation sites is 2. The Morgan fingerprint density at radius 2 is 2.24 bits per heavy atom. The number of rotatable bonds is 6. The Kier molecular flexibility index (Phi) is 4.07. The lowest BCUT2D eigenvalue weighted by atomic mass is 10.1. The normalized spacial score (nSPS) is 26.0. The first-order valence-corrected chi connectivity index (χ1v) is 7.42. The third kappa shape index (κ3) is 3.16. The standard InChI is InChI=1S/C15H20N2O4/c18-13(9-16-8-11-5-6-12(16)7-11)10-21-15-4-2-1-3-14(15)17(19)20/h1-4,11-13,18H,5-10H2/t11-,12-,13-/m0/s1. The van der Waals surface area contributed by atoms with Crippen molar-refractivity contribution in [2.24, 2.45) is 5.92 Å². The highest BCUT2D eigenvalue weighted by atomic mass is 16.6. The number of aliphatic hydroxyl groups is 1. The van der Waals surface area contributed by atoms with E-state index in [0.717, 1.165) is 12.5 Å². The molecule has 1 saturated carbocycles. The Morgan fingerprint density at radius 1 is 1.43 bits per heavy atom. The zero-order valence-corrected chi connectivity index (χ0v) is 11.9. The second-order valence-corrected chi connectivity index (χ2v) is 5.98. The van der Waals surface area contributed by atoms with Crippen LogP contribution < -0.4 is 4.74 Å². The van der Waals surface area contributed by atoms with Gasteiger partial charge in [-0.2, -0.15) is 0 Å². The van der Waals surface area contributed by atoms with Crippen molar-refractivity contribution in [1.82, 2.24) is 4.90 Å². The van der Waals surface area contributed by atoms with Crippen LogP contribution in [0.3, 0.4) is 0 Å². The number of likely N-dealkylation sites (tertiary alicyclic amines) is 1. The van der Waals surface area contributed by atoms with Gasteiger partial charge in [-0.25, -0.2) is 0 Å². The van der Waals surface area contributed by atoms with Gasteiger partial charge in [0.05, 0.1) is 4.92 Å². The van der Waals surface area contributed by atoms with Crippen molar-refractivity contribution in [3.63, 3.8) is 0 Å². The van der Waals surface area contributed by atoms with Crippen LogP contribution in [0.1, 0.15) is 19.3 Å². The molecular weight excluding hydrogens is 272 g/mol. The van der Waals surface area contributed by atoms with E-state index in [1.807, 2.05) is 0 Å². The number of aliphatic hydroxyl groups excluding tert-OH is 1. The first-order chi connectivity index (χ1) is 10.1. The van der Waals surface area contributed by atoms with Crippen LogP contribution in [-0.4, -0.2) is 46.8 Å². The van der Waals surface area contributed by atoms with E-state index in [2.05, 4.69) is 4.90 Å². The molecule has 0 amide bonds. The Balaban J connectivity index is 1.52. The largest absolute Gasteiger partial charge is 0.484 e. The van der Waals surface area contributed by atoms with Crippen LogP contribution in [0.15, 0.2) is 24.3 Å². The fraction of sp³-hybridized carbons (Fsp3) is 0.600. The van der Waals surface area contributed by atoms with Crippen LogP contribution >= 0.6 is 0 Å².